The van der Waals surface area contributed by atoms with Crippen LogP contribution in [0.1, 0.15) is 35.2 Å². The van der Waals surface area contributed by atoms with Gasteiger partial charge in [-0.05, 0) is 63.1 Å². The summed E-state index contributed by atoms with van der Waals surface area (Å²) in [6.07, 6.45) is 0. The second-order valence-corrected chi connectivity index (χ2v) is 4.54. The Kier molecular flexibility index (Phi) is 5.36. The summed E-state index contributed by atoms with van der Waals surface area (Å²) in [6, 6.07) is 1.54. The normalized spacial score (nSPS) is 12.1. The fraction of sp³-hybridized carbons (Fsp3) is 0.533. The number of methoxy groups -OCH3 is 1. The molecule has 106 valence electrons. The third-order valence-corrected chi connectivity index (χ3v) is 3.39. The molecule has 1 atom stereocenters. The van der Waals surface area contributed by atoms with E-state index < -0.39 is 6.04 Å². The van der Waals surface area contributed by atoms with Crippen LogP contribution in [0.3, 0.4) is 0 Å². The second-order valence-electron chi connectivity index (χ2n) is 4.54. The molecule has 1 rings (SSSR count). The molecular formula is C15H23NO3. The number of aryl methyl sites for hydroxylation is 1. The SMILES string of the molecule is CCOC(=O)C(NC)c1cc(C)c(OC)c(C)c1C. The molecule has 0 saturated carbocycles. The number of carbonyl (C=O) groups excluding carboxylic acids is 1. The van der Waals surface area contributed by atoms with Gasteiger partial charge in [-0.2, -0.15) is 0 Å². The lowest BCUT2D eigenvalue weighted by molar-refractivity contribution is -0.145. The highest BCUT2D eigenvalue weighted by atomic mass is 16.5. The van der Waals surface area contributed by atoms with Crippen molar-refractivity contribution in [1.82, 2.24) is 5.32 Å². The van der Waals surface area contributed by atoms with Crippen LogP contribution >= 0.6 is 0 Å². The summed E-state index contributed by atoms with van der Waals surface area (Å²) in [4.78, 5) is 12.0. The highest BCUT2D eigenvalue weighted by molar-refractivity contribution is 5.78. The molecule has 19 heavy (non-hydrogen) atoms. The van der Waals surface area contributed by atoms with Crippen LogP contribution in [0.5, 0.6) is 5.75 Å². The minimum absolute atomic E-state index is 0.253. The van der Waals surface area contributed by atoms with Crippen LogP contribution in [0.4, 0.5) is 0 Å². The molecule has 0 aliphatic carbocycles. The van der Waals surface area contributed by atoms with Gasteiger partial charge >= 0.3 is 5.97 Å². The maximum absolute atomic E-state index is 12.0. The molecule has 1 aromatic carbocycles. The molecule has 0 spiro atoms. The number of carbonyl (C=O) groups is 1. The van der Waals surface area contributed by atoms with Gasteiger partial charge in [0.1, 0.15) is 11.8 Å². The fourth-order valence-corrected chi connectivity index (χ4v) is 2.33. The van der Waals surface area contributed by atoms with Crippen LogP contribution in [-0.4, -0.2) is 26.7 Å². The van der Waals surface area contributed by atoms with Crippen molar-refractivity contribution in [2.24, 2.45) is 0 Å². The molecule has 0 heterocycles. The first-order valence-corrected chi connectivity index (χ1v) is 6.46. The van der Waals surface area contributed by atoms with E-state index in [1.54, 1.807) is 14.2 Å². The van der Waals surface area contributed by atoms with E-state index in [9.17, 15) is 4.79 Å². The van der Waals surface area contributed by atoms with Gasteiger partial charge in [0, 0.05) is 0 Å². The van der Waals surface area contributed by atoms with Crippen LogP contribution in [0, 0.1) is 20.8 Å². The van der Waals surface area contributed by atoms with E-state index in [-0.39, 0.29) is 5.97 Å². The van der Waals surface area contributed by atoms with Gasteiger partial charge in [-0.1, -0.05) is 0 Å². The van der Waals surface area contributed by atoms with Crippen molar-refractivity contribution < 1.29 is 14.3 Å². The number of esters is 1. The lowest BCUT2D eigenvalue weighted by atomic mass is 9.94. The molecule has 0 aliphatic heterocycles. The number of rotatable bonds is 5. The summed E-state index contributed by atoms with van der Waals surface area (Å²) in [5, 5.41) is 3.02. The molecule has 0 amide bonds. The molecule has 1 unspecified atom stereocenters. The molecule has 0 bridgehead atoms. The topological polar surface area (TPSA) is 47.6 Å². The van der Waals surface area contributed by atoms with Crippen molar-refractivity contribution in [3.8, 4) is 5.75 Å². The minimum atomic E-state index is -0.441. The van der Waals surface area contributed by atoms with Gasteiger partial charge in [-0.3, -0.25) is 0 Å². The van der Waals surface area contributed by atoms with Gasteiger partial charge in [0.2, 0.25) is 0 Å². The number of nitrogens with one attached hydrogen (secondary N) is 1. The molecule has 4 nitrogen and oxygen atoms in total. The number of likely N-dealkylation sites (N-methyl/N-ethyl adjacent to an activating group) is 1. The van der Waals surface area contributed by atoms with Gasteiger partial charge in [0.15, 0.2) is 0 Å². The lowest BCUT2D eigenvalue weighted by Gasteiger charge is -2.21. The van der Waals surface area contributed by atoms with E-state index in [0.717, 1.165) is 28.0 Å². The predicted molar refractivity (Wildman–Crippen MR) is 75.6 cm³/mol. The number of ether oxygens (including phenoxy) is 2. The molecular weight excluding hydrogens is 242 g/mol. The van der Waals surface area contributed by atoms with Crippen molar-refractivity contribution in [2.75, 3.05) is 20.8 Å². The number of hydrogen-bond donors (Lipinski definition) is 1. The second kappa shape index (κ2) is 6.57. The summed E-state index contributed by atoms with van der Waals surface area (Å²) in [6.45, 7) is 8.16. The lowest BCUT2D eigenvalue weighted by Crippen LogP contribution is -2.28. The van der Waals surface area contributed by atoms with E-state index in [1.807, 2.05) is 33.8 Å². The zero-order chi connectivity index (χ0) is 14.6. The standard InChI is InChI=1S/C15H23NO3/c1-7-19-15(17)13(16-5)12-8-9(2)14(18-6)11(4)10(12)3/h8,13,16H,7H2,1-6H3. The molecule has 0 fully saturated rings. The van der Waals surface area contributed by atoms with Gasteiger partial charge in [-0.25, -0.2) is 4.79 Å². The Bertz CT molecular complexity index is 469. The maximum Gasteiger partial charge on any atom is 0.327 e. The molecule has 4 heteroatoms. The number of benzene rings is 1. The average molecular weight is 265 g/mol. The van der Waals surface area contributed by atoms with Crippen LogP contribution in [-0.2, 0) is 9.53 Å². The Labute approximate surface area is 115 Å². The molecule has 0 aromatic heterocycles. The summed E-state index contributed by atoms with van der Waals surface area (Å²) < 4.78 is 10.5. The fourth-order valence-electron chi connectivity index (χ4n) is 2.33. The van der Waals surface area contributed by atoms with Crippen molar-refractivity contribution in [3.63, 3.8) is 0 Å². The van der Waals surface area contributed by atoms with E-state index in [4.69, 9.17) is 9.47 Å². The number of hydrogen-bond acceptors (Lipinski definition) is 4. The predicted octanol–water partition coefficient (Wildman–Crippen LogP) is 2.44. The highest BCUT2D eigenvalue weighted by Gasteiger charge is 2.24. The third-order valence-electron chi connectivity index (χ3n) is 3.39. The quantitative estimate of drug-likeness (QED) is 0.831. The van der Waals surface area contributed by atoms with Gasteiger partial charge in [0.05, 0.1) is 13.7 Å². The van der Waals surface area contributed by atoms with Crippen LogP contribution in [0.25, 0.3) is 0 Å². The first-order valence-electron chi connectivity index (χ1n) is 6.46. The third kappa shape index (κ3) is 3.07. The van der Waals surface area contributed by atoms with E-state index >= 15 is 0 Å². The Morgan fingerprint density at radius 3 is 2.42 bits per heavy atom. The van der Waals surface area contributed by atoms with Gasteiger partial charge < -0.3 is 14.8 Å². The van der Waals surface area contributed by atoms with Crippen LogP contribution in [0.2, 0.25) is 0 Å². The average Bonchev–Trinajstić information content (AvgIpc) is 2.37. The summed E-state index contributed by atoms with van der Waals surface area (Å²) in [5.41, 5.74) is 4.07. The van der Waals surface area contributed by atoms with E-state index in [1.165, 1.54) is 0 Å². The largest absolute Gasteiger partial charge is 0.496 e. The zero-order valence-corrected chi connectivity index (χ0v) is 12.6. The zero-order valence-electron chi connectivity index (χ0n) is 12.6. The monoisotopic (exact) mass is 265 g/mol. The Morgan fingerprint density at radius 1 is 1.32 bits per heavy atom. The summed E-state index contributed by atoms with van der Waals surface area (Å²) >= 11 is 0. The highest BCUT2D eigenvalue weighted by Crippen LogP contribution is 2.31. The Hall–Kier alpha value is -1.55. The van der Waals surface area contributed by atoms with Crippen molar-refractivity contribution >= 4 is 5.97 Å². The first kappa shape index (κ1) is 15.5. The Morgan fingerprint density at radius 2 is 1.95 bits per heavy atom. The Balaban J connectivity index is 3.29. The van der Waals surface area contributed by atoms with Gasteiger partial charge in [-0.15, -0.1) is 0 Å². The van der Waals surface area contributed by atoms with Crippen molar-refractivity contribution in [1.29, 1.82) is 0 Å². The summed E-state index contributed by atoms with van der Waals surface area (Å²) in [7, 11) is 3.42. The van der Waals surface area contributed by atoms with E-state index in [0.29, 0.717) is 6.61 Å². The maximum atomic E-state index is 12.0. The van der Waals surface area contributed by atoms with Gasteiger partial charge in [0.25, 0.3) is 0 Å². The summed E-state index contributed by atoms with van der Waals surface area (Å²) in [5.74, 6) is 0.622. The molecule has 0 saturated heterocycles. The first-order chi connectivity index (χ1) is 8.97. The van der Waals surface area contributed by atoms with Crippen molar-refractivity contribution in [2.45, 2.75) is 33.7 Å². The van der Waals surface area contributed by atoms with E-state index in [2.05, 4.69) is 5.32 Å². The smallest absolute Gasteiger partial charge is 0.327 e. The van der Waals surface area contributed by atoms with Crippen LogP contribution < -0.4 is 10.1 Å². The minimum Gasteiger partial charge on any atom is -0.496 e. The van der Waals surface area contributed by atoms with Crippen molar-refractivity contribution in [3.05, 3.63) is 28.3 Å². The molecule has 1 N–H and O–H groups in total. The van der Waals surface area contributed by atoms with Crippen LogP contribution in [0.15, 0.2) is 6.07 Å². The molecule has 0 aliphatic rings. The molecule has 0 radical (unpaired) electrons. The molecule has 1 aromatic rings.